The Hall–Kier alpha value is -1.63. The van der Waals surface area contributed by atoms with Crippen LogP contribution in [0.3, 0.4) is 0 Å². The van der Waals surface area contributed by atoms with Crippen LogP contribution in [0.15, 0.2) is 18.3 Å². The van der Waals surface area contributed by atoms with E-state index in [2.05, 4.69) is 10.3 Å². The molecule has 0 aromatic carbocycles. The van der Waals surface area contributed by atoms with E-state index in [1.165, 1.54) is 12.3 Å². The van der Waals surface area contributed by atoms with Gasteiger partial charge in [0.1, 0.15) is 15.5 Å². The number of pyridine rings is 1. The standard InChI is InChI=1S/C10H15N3O3S/c1-7(6-17(2,15)16)13-10(14)9-5-8(11)3-4-12-9/h3-5,7H,6H2,1-2H3,(H2,11,12)(H,13,14). The van der Waals surface area contributed by atoms with Crippen molar-refractivity contribution in [3.05, 3.63) is 24.0 Å². The average molecular weight is 257 g/mol. The van der Waals surface area contributed by atoms with Crippen LogP contribution in [-0.4, -0.2) is 37.4 Å². The van der Waals surface area contributed by atoms with Gasteiger partial charge >= 0.3 is 0 Å². The fourth-order valence-electron chi connectivity index (χ4n) is 1.36. The van der Waals surface area contributed by atoms with Crippen molar-refractivity contribution in [2.45, 2.75) is 13.0 Å². The predicted molar refractivity (Wildman–Crippen MR) is 65.3 cm³/mol. The third-order valence-corrected chi connectivity index (χ3v) is 3.05. The summed E-state index contributed by atoms with van der Waals surface area (Å²) in [5.41, 5.74) is 6.12. The van der Waals surface area contributed by atoms with Crippen LogP contribution in [0.4, 0.5) is 5.69 Å². The van der Waals surface area contributed by atoms with Crippen LogP contribution in [0.5, 0.6) is 0 Å². The molecule has 0 saturated carbocycles. The topological polar surface area (TPSA) is 102 Å². The van der Waals surface area contributed by atoms with Gasteiger partial charge in [-0.05, 0) is 19.1 Å². The highest BCUT2D eigenvalue weighted by Gasteiger charge is 2.15. The molecule has 1 atom stereocenters. The predicted octanol–water partition coefficient (Wildman–Crippen LogP) is -0.173. The van der Waals surface area contributed by atoms with Crippen LogP contribution in [0.25, 0.3) is 0 Å². The molecular weight excluding hydrogens is 242 g/mol. The molecule has 94 valence electrons. The highest BCUT2D eigenvalue weighted by molar-refractivity contribution is 7.90. The summed E-state index contributed by atoms with van der Waals surface area (Å²) in [6.45, 7) is 1.62. The molecule has 7 heteroatoms. The number of carbonyl (C=O) groups is 1. The van der Waals surface area contributed by atoms with Gasteiger partial charge in [-0.2, -0.15) is 0 Å². The maximum absolute atomic E-state index is 11.7. The summed E-state index contributed by atoms with van der Waals surface area (Å²) in [6.07, 6.45) is 2.54. The van der Waals surface area contributed by atoms with Gasteiger partial charge in [0.05, 0.1) is 5.75 Å². The third kappa shape index (κ3) is 4.81. The zero-order valence-corrected chi connectivity index (χ0v) is 10.5. The van der Waals surface area contributed by atoms with Crippen molar-refractivity contribution < 1.29 is 13.2 Å². The Morgan fingerprint density at radius 2 is 2.24 bits per heavy atom. The molecule has 0 radical (unpaired) electrons. The number of aromatic nitrogens is 1. The maximum atomic E-state index is 11.7. The molecule has 1 amide bonds. The van der Waals surface area contributed by atoms with E-state index < -0.39 is 21.8 Å². The highest BCUT2D eigenvalue weighted by atomic mass is 32.2. The lowest BCUT2D eigenvalue weighted by molar-refractivity contribution is 0.0938. The van der Waals surface area contributed by atoms with Crippen LogP contribution >= 0.6 is 0 Å². The fourth-order valence-corrected chi connectivity index (χ4v) is 2.36. The second-order valence-electron chi connectivity index (χ2n) is 3.94. The smallest absolute Gasteiger partial charge is 0.270 e. The van der Waals surface area contributed by atoms with E-state index in [0.717, 1.165) is 6.26 Å². The van der Waals surface area contributed by atoms with Gasteiger partial charge in [0.15, 0.2) is 0 Å². The van der Waals surface area contributed by atoms with Crippen molar-refractivity contribution in [3.63, 3.8) is 0 Å². The van der Waals surface area contributed by atoms with Crippen LogP contribution < -0.4 is 11.1 Å². The number of hydrogen-bond donors (Lipinski definition) is 2. The quantitative estimate of drug-likeness (QED) is 0.779. The number of nitrogens with zero attached hydrogens (tertiary/aromatic N) is 1. The van der Waals surface area contributed by atoms with Gasteiger partial charge in [-0.1, -0.05) is 0 Å². The van der Waals surface area contributed by atoms with E-state index in [-0.39, 0.29) is 11.4 Å². The molecule has 3 N–H and O–H groups in total. The lowest BCUT2D eigenvalue weighted by atomic mass is 10.3. The lowest BCUT2D eigenvalue weighted by Crippen LogP contribution is -2.37. The minimum absolute atomic E-state index is 0.110. The summed E-state index contributed by atoms with van der Waals surface area (Å²) in [6, 6.07) is 2.53. The molecule has 6 nitrogen and oxygen atoms in total. The SMILES string of the molecule is CC(CS(C)(=O)=O)NC(=O)c1cc(N)ccn1. The number of nitrogen functional groups attached to an aromatic ring is 1. The first-order valence-electron chi connectivity index (χ1n) is 4.98. The number of hydrogen-bond acceptors (Lipinski definition) is 5. The van der Waals surface area contributed by atoms with E-state index in [4.69, 9.17) is 5.73 Å². The second kappa shape index (κ2) is 5.13. The van der Waals surface area contributed by atoms with Gasteiger partial charge in [0.25, 0.3) is 5.91 Å². The molecule has 0 fully saturated rings. The molecule has 1 heterocycles. The Bertz CT molecular complexity index is 513. The van der Waals surface area contributed by atoms with Crippen molar-refractivity contribution in [3.8, 4) is 0 Å². The first kappa shape index (κ1) is 13.4. The number of anilines is 1. The first-order valence-corrected chi connectivity index (χ1v) is 7.04. The summed E-state index contributed by atoms with van der Waals surface area (Å²) in [5, 5.41) is 2.54. The van der Waals surface area contributed by atoms with Gasteiger partial charge in [0, 0.05) is 24.2 Å². The van der Waals surface area contributed by atoms with E-state index in [1.807, 2.05) is 0 Å². The normalized spacial score (nSPS) is 13.1. The van der Waals surface area contributed by atoms with Crippen LogP contribution in [0.1, 0.15) is 17.4 Å². The van der Waals surface area contributed by atoms with E-state index in [0.29, 0.717) is 5.69 Å². The van der Waals surface area contributed by atoms with E-state index in [9.17, 15) is 13.2 Å². The van der Waals surface area contributed by atoms with Gasteiger partial charge < -0.3 is 11.1 Å². The van der Waals surface area contributed by atoms with Gasteiger partial charge in [-0.15, -0.1) is 0 Å². The number of amides is 1. The van der Waals surface area contributed by atoms with Gasteiger partial charge in [0.2, 0.25) is 0 Å². The number of rotatable bonds is 4. The minimum atomic E-state index is -3.12. The number of nitrogens with one attached hydrogen (secondary N) is 1. The third-order valence-electron chi connectivity index (χ3n) is 1.95. The highest BCUT2D eigenvalue weighted by Crippen LogP contribution is 2.03. The summed E-state index contributed by atoms with van der Waals surface area (Å²) in [4.78, 5) is 15.5. The molecule has 0 aliphatic carbocycles. The number of carbonyl (C=O) groups excluding carboxylic acids is 1. The Labute approximate surface area is 100 Å². The zero-order valence-electron chi connectivity index (χ0n) is 9.67. The fraction of sp³-hybridized carbons (Fsp3) is 0.400. The monoisotopic (exact) mass is 257 g/mol. The zero-order chi connectivity index (χ0) is 13.1. The molecule has 0 bridgehead atoms. The van der Waals surface area contributed by atoms with E-state index in [1.54, 1.807) is 13.0 Å². The molecule has 0 saturated heterocycles. The van der Waals surface area contributed by atoms with Crippen molar-refractivity contribution in [2.24, 2.45) is 0 Å². The van der Waals surface area contributed by atoms with Crippen LogP contribution in [-0.2, 0) is 9.84 Å². The molecule has 0 spiro atoms. The maximum Gasteiger partial charge on any atom is 0.270 e. The van der Waals surface area contributed by atoms with Crippen LogP contribution in [0.2, 0.25) is 0 Å². The molecular formula is C10H15N3O3S. The summed E-state index contributed by atoms with van der Waals surface area (Å²) in [5.74, 6) is -0.547. The Balaban J connectivity index is 2.67. The molecule has 0 aliphatic heterocycles. The number of sulfone groups is 1. The number of nitrogens with two attached hydrogens (primary N) is 1. The Kier molecular flexibility index (Phi) is 4.06. The molecule has 1 rings (SSSR count). The summed E-state index contributed by atoms with van der Waals surface area (Å²) in [7, 11) is -3.12. The molecule has 1 unspecified atom stereocenters. The van der Waals surface area contributed by atoms with Crippen molar-refractivity contribution in [1.29, 1.82) is 0 Å². The Morgan fingerprint density at radius 1 is 1.59 bits per heavy atom. The molecule has 17 heavy (non-hydrogen) atoms. The van der Waals surface area contributed by atoms with Gasteiger partial charge in [-0.25, -0.2) is 8.42 Å². The largest absolute Gasteiger partial charge is 0.399 e. The minimum Gasteiger partial charge on any atom is -0.399 e. The summed E-state index contributed by atoms with van der Waals surface area (Å²) < 4.78 is 22.1. The molecule has 1 aromatic rings. The first-order chi connectivity index (χ1) is 7.78. The van der Waals surface area contributed by atoms with Gasteiger partial charge in [-0.3, -0.25) is 9.78 Å². The Morgan fingerprint density at radius 3 is 2.76 bits per heavy atom. The lowest BCUT2D eigenvalue weighted by Gasteiger charge is -2.12. The second-order valence-corrected chi connectivity index (χ2v) is 6.13. The van der Waals surface area contributed by atoms with Crippen LogP contribution in [0, 0.1) is 0 Å². The summed E-state index contributed by atoms with van der Waals surface area (Å²) >= 11 is 0. The van der Waals surface area contributed by atoms with Crippen molar-refractivity contribution in [1.82, 2.24) is 10.3 Å². The van der Waals surface area contributed by atoms with Crippen molar-refractivity contribution >= 4 is 21.4 Å². The molecule has 1 aromatic heterocycles. The van der Waals surface area contributed by atoms with E-state index >= 15 is 0 Å². The average Bonchev–Trinajstić information content (AvgIpc) is 2.14. The van der Waals surface area contributed by atoms with Crippen molar-refractivity contribution in [2.75, 3.05) is 17.7 Å². The molecule has 0 aliphatic rings.